The predicted molar refractivity (Wildman–Crippen MR) is 467 cm³/mol. The van der Waals surface area contributed by atoms with E-state index < -0.39 is 93.1 Å². The molecule has 0 aliphatic carbocycles. The third-order valence-corrected chi connectivity index (χ3v) is 20.8. The quantitative estimate of drug-likeness (QED) is 0.0200. The fraction of sp³-hybridized carbons (Fsp3) is 0.276. The van der Waals surface area contributed by atoms with Gasteiger partial charge in [0.1, 0.15) is 83.9 Å². The largest absolute Gasteiger partial charge is 0.480 e. The average Bonchev–Trinajstić information content (AvgIpc) is 1.58. The van der Waals surface area contributed by atoms with Crippen LogP contribution >= 0.6 is 0 Å². The summed E-state index contributed by atoms with van der Waals surface area (Å²) in [5.74, 6) is -3.74. The molecule has 0 radical (unpaired) electrons. The van der Waals surface area contributed by atoms with Gasteiger partial charge in [-0.15, -0.1) is 13.2 Å². The van der Waals surface area contributed by atoms with Crippen LogP contribution in [-0.2, 0) is 94.4 Å². The van der Waals surface area contributed by atoms with E-state index in [1.54, 1.807) is 111 Å². The Morgan fingerprint density at radius 3 is 1.64 bits per heavy atom. The number of aliphatic imine (C=N–C) groups is 1. The third kappa shape index (κ3) is 24.4. The van der Waals surface area contributed by atoms with E-state index in [0.717, 1.165) is 51.6 Å². The van der Waals surface area contributed by atoms with E-state index in [9.17, 15) is 56.7 Å². The van der Waals surface area contributed by atoms with Crippen molar-refractivity contribution in [1.82, 2.24) is 20.0 Å². The molecule has 4 amide bonds. The summed E-state index contributed by atoms with van der Waals surface area (Å²) >= 11 is 0. The van der Waals surface area contributed by atoms with Crippen molar-refractivity contribution in [3.8, 4) is 0 Å². The number of esters is 4. The Bertz CT molecular complexity index is 5280. The van der Waals surface area contributed by atoms with Crippen LogP contribution in [0.25, 0.3) is 5.57 Å². The molecular formula is C98H103F2N7O19. The van der Waals surface area contributed by atoms with Crippen LogP contribution in [0.5, 0.6) is 0 Å². The molecule has 0 spiro atoms. The number of carbonyl (C=O) groups is 10. The molecule has 0 aromatic heterocycles. The highest BCUT2D eigenvalue weighted by atomic mass is 19.1. The number of rotatable bonds is 23. The number of alkyl carbamates (subject to hydrolysis) is 1. The second-order valence-electron chi connectivity index (χ2n) is 30.5. The molecule has 126 heavy (non-hydrogen) atoms. The third-order valence-electron chi connectivity index (χ3n) is 20.8. The van der Waals surface area contributed by atoms with Gasteiger partial charge in [-0.25, -0.2) is 37.5 Å². The van der Waals surface area contributed by atoms with Crippen LogP contribution in [0.3, 0.4) is 0 Å². The summed E-state index contributed by atoms with van der Waals surface area (Å²) in [4.78, 5) is 126. The highest BCUT2D eigenvalue weighted by molar-refractivity contribution is 5.91. The highest BCUT2D eigenvalue weighted by Gasteiger charge is 2.56. The normalized spacial score (nSPS) is 19.4. The zero-order valence-corrected chi connectivity index (χ0v) is 70.9. The monoisotopic (exact) mass is 1720 g/mol. The van der Waals surface area contributed by atoms with E-state index in [1.807, 2.05) is 200 Å². The number of halogens is 2. The van der Waals surface area contributed by atoms with Gasteiger partial charge in [0.15, 0.2) is 11.8 Å². The maximum Gasteiger partial charge on any atom is 0.411 e. The molecule has 9 aromatic carbocycles. The first-order valence-corrected chi connectivity index (χ1v) is 40.5. The smallest absolute Gasteiger partial charge is 0.411 e. The number of hydrogen-bond donors (Lipinski definition) is 4. The van der Waals surface area contributed by atoms with Gasteiger partial charge in [-0.3, -0.25) is 38.9 Å². The highest BCUT2D eigenvalue weighted by Crippen LogP contribution is 2.46. The number of nitrogens with two attached hydrogens (primary N) is 2. The average molecular weight is 1720 g/mol. The van der Waals surface area contributed by atoms with Crippen molar-refractivity contribution in [2.24, 2.45) is 16.5 Å². The van der Waals surface area contributed by atoms with Crippen LogP contribution < -0.4 is 16.8 Å². The van der Waals surface area contributed by atoms with Crippen LogP contribution in [0.2, 0.25) is 0 Å². The number of nitrogens with zero attached hydrogens (tertiary/aromatic N) is 4. The number of Topliss-reactive ketones (excluding diaryl/α,β-unsaturated/α-hetero) is 1. The Labute approximate surface area is 730 Å². The topological polar surface area (TPSA) is 351 Å². The maximum atomic E-state index is 14.1. The minimum Gasteiger partial charge on any atom is -0.480 e. The molecule has 9 aromatic rings. The summed E-state index contributed by atoms with van der Waals surface area (Å²) in [5.41, 5.74) is 14.3. The Hall–Kier alpha value is -14.3. The van der Waals surface area contributed by atoms with Gasteiger partial charge in [0.25, 0.3) is 0 Å². The summed E-state index contributed by atoms with van der Waals surface area (Å²) in [6.45, 7) is 17.6. The molecule has 6 aliphatic rings. The number of benzene rings is 9. The number of carboxylic acid groups (broad SMARTS) is 1. The van der Waals surface area contributed by atoms with Gasteiger partial charge in [-0.1, -0.05) is 255 Å². The number of fused-ring (bicyclic) bond motifs is 2. The second kappa shape index (κ2) is 44.7. The molecule has 28 heteroatoms. The molecule has 6 aliphatic heterocycles. The van der Waals surface area contributed by atoms with Crippen LogP contribution in [0.4, 0.5) is 28.0 Å². The number of ketones is 1. The van der Waals surface area contributed by atoms with Crippen molar-refractivity contribution in [3.05, 3.63) is 354 Å². The second-order valence-corrected chi connectivity index (χ2v) is 30.5. The molecular weight excluding hydrogens is 1620 g/mol. The molecule has 658 valence electrons. The zero-order valence-electron chi connectivity index (χ0n) is 70.9. The van der Waals surface area contributed by atoms with Crippen molar-refractivity contribution in [2.45, 2.75) is 106 Å². The van der Waals surface area contributed by atoms with Crippen LogP contribution in [0.15, 0.2) is 297 Å². The molecule has 6 heterocycles. The van der Waals surface area contributed by atoms with Gasteiger partial charge in [0.2, 0.25) is 0 Å². The van der Waals surface area contributed by atoms with E-state index in [4.69, 9.17) is 54.5 Å². The number of nitrogens with one attached hydrogen (secondary N) is 1. The number of aliphatic carboxylic acids is 1. The number of cyclic esters (lactones) is 4. The van der Waals surface area contributed by atoms with Gasteiger partial charge < -0.3 is 59.8 Å². The summed E-state index contributed by atoms with van der Waals surface area (Å²) in [5, 5.41) is 11.4. The van der Waals surface area contributed by atoms with E-state index in [0.29, 0.717) is 55.8 Å². The summed E-state index contributed by atoms with van der Waals surface area (Å²) in [6.07, 6.45) is 6.35. The summed E-state index contributed by atoms with van der Waals surface area (Å²) < 4.78 is 68.2. The molecule has 6 N–H and O–H groups in total. The van der Waals surface area contributed by atoms with Crippen molar-refractivity contribution in [2.75, 3.05) is 66.4 Å². The number of methoxy groups -OCH3 is 1. The lowest BCUT2D eigenvalue weighted by Gasteiger charge is -2.35. The fourth-order valence-corrected chi connectivity index (χ4v) is 14.6. The summed E-state index contributed by atoms with van der Waals surface area (Å²) in [6, 6.07) is 76.7. The molecule has 5 fully saturated rings. The van der Waals surface area contributed by atoms with E-state index in [2.05, 4.69) is 23.5 Å². The van der Waals surface area contributed by atoms with E-state index >= 15 is 0 Å². The molecule has 7 atom stereocenters. The number of ether oxygens (including phenoxy) is 8. The maximum absolute atomic E-state index is 14.1. The Morgan fingerprint density at radius 1 is 0.595 bits per heavy atom. The number of amides is 4. The molecule has 5 saturated heterocycles. The first-order chi connectivity index (χ1) is 60.4. The van der Waals surface area contributed by atoms with Crippen molar-refractivity contribution < 1.29 is 99.7 Å². The number of carboxylic acids is 1. The Morgan fingerprint density at radius 2 is 1.11 bits per heavy atom. The number of carbonyl (C=O) groups excluding carboxylic acids is 9. The van der Waals surface area contributed by atoms with Crippen molar-refractivity contribution in [3.63, 3.8) is 0 Å². The van der Waals surface area contributed by atoms with Gasteiger partial charge >= 0.3 is 54.2 Å². The van der Waals surface area contributed by atoms with Gasteiger partial charge in [0, 0.05) is 18.2 Å². The van der Waals surface area contributed by atoms with Crippen LogP contribution in [-0.4, -0.2) is 158 Å². The molecule has 15 rings (SSSR count). The summed E-state index contributed by atoms with van der Waals surface area (Å²) in [7, 11) is 1.27. The lowest BCUT2D eigenvalue weighted by molar-refractivity contribution is -0.157. The first-order valence-electron chi connectivity index (χ1n) is 40.5. The van der Waals surface area contributed by atoms with E-state index in [1.165, 1.54) is 12.0 Å². The fourth-order valence-electron chi connectivity index (χ4n) is 14.6. The lowest BCUT2D eigenvalue weighted by Crippen LogP contribution is -2.49. The minimum absolute atomic E-state index is 0.0479. The minimum atomic E-state index is -1.13. The SMILES string of the molecule is C=CCC(N)(C(=O)OCC)c1ccccc1.C=CCC1(c2ccccc2)COC(=O)N1.CCOC(=O)C(N=Cc1ccccc1)c1ccccc1.COC(=O)CC1(c2ccccc2)COC(=O)N1CC(=O)OC(C)(C)C.NC(C(=O)O)c1ccccc1.O=C1CN2C(=O)OCC2(c2ccccc2)C1.O=C1OCC2(c3ccccc3)C=C(c3cc(F)ccc3F)CN12. The van der Waals surface area contributed by atoms with Gasteiger partial charge in [0.05, 0.1) is 39.8 Å². The molecule has 0 saturated carbocycles. The van der Waals surface area contributed by atoms with Crippen molar-refractivity contribution in [1.29, 1.82) is 0 Å². The van der Waals surface area contributed by atoms with Gasteiger partial charge in [-0.05, 0) is 122 Å². The predicted octanol–water partition coefficient (Wildman–Crippen LogP) is 15.6. The molecule has 7 unspecified atom stereocenters. The standard InChI is InChI=1S/C18H13F2NO2.C18H23NO6.C17H17NO2.C13H17NO2.C12H11NO3.C12H13NO2.C8H9NO2/c19-14-6-7-16(20)15(8-14)12-9-18(13-4-2-1-3-5-13)11-23-17(22)21(18)10-12;1-17(2,3)25-15(21)11-19-16(22)24-12-18(19,10-14(20)23-4)13-8-6-5-7-9-13;1-2-20-17(19)16(15-11-7-4-8-12-15)18-13-14-9-5-3-6-10-14;1-3-10-13(14,12(15)16-4-2)11-8-6-5-7-9-11;14-10-6-12(9-4-2-1-3-5-9)8-16-11(15)13(12)7-10;1-2-8-12(9-15-11(14)13-12)10-6-4-3-5-7-10;9-7(8(10)11)6-4-2-1-3-5-6/h1-9H,10-11H2;5-9H,10-12H2,1-4H3;3-13,16H,2H2,1H3;3,5-9H,1,4,10,14H2,2H3;1-5H,6-8H2;2-7H,1,8-9H2,(H,13,14);1-5,7H,9H2,(H,10,11). The molecule has 0 bridgehead atoms. The first kappa shape index (κ1) is 95.6. The van der Waals surface area contributed by atoms with Crippen LogP contribution in [0, 0.1) is 11.6 Å². The van der Waals surface area contributed by atoms with Crippen LogP contribution in [0.1, 0.15) is 122 Å². The van der Waals surface area contributed by atoms with E-state index in [-0.39, 0.29) is 75.4 Å². The number of hydrogen-bond acceptors (Lipinski definition) is 21. The molecule has 26 nitrogen and oxygen atoms in total. The van der Waals surface area contributed by atoms with Gasteiger partial charge in [-0.2, -0.15) is 0 Å². The van der Waals surface area contributed by atoms with Crippen molar-refractivity contribution >= 4 is 71.8 Å². The Kier molecular flexibility index (Phi) is 33.9. The lowest BCUT2D eigenvalue weighted by atomic mass is 9.86. The Balaban J connectivity index is 0.000000168. The zero-order chi connectivity index (χ0) is 91.1.